The standard InChI is InChI=1S/C16H19NO5.C2H6/c1-10-4-5-14-12(6-10)15(18)13(16(19)20)7-17(14)11(8-21-2)9-22-3;1-2/h4-7,11H,8-9H2,1-3H3,(H,19,20);1-2H3. The van der Waals surface area contributed by atoms with E-state index >= 15 is 0 Å². The molecule has 1 aromatic carbocycles. The van der Waals surface area contributed by atoms with Gasteiger partial charge >= 0.3 is 5.97 Å². The van der Waals surface area contributed by atoms with E-state index in [1.807, 2.05) is 32.9 Å². The number of carboxylic acid groups (broad SMARTS) is 1. The first-order valence-electron chi connectivity index (χ1n) is 7.86. The van der Waals surface area contributed by atoms with Crippen molar-refractivity contribution in [3.63, 3.8) is 0 Å². The van der Waals surface area contributed by atoms with Crippen LogP contribution in [0.25, 0.3) is 10.9 Å². The average Bonchev–Trinajstić information content (AvgIpc) is 2.57. The van der Waals surface area contributed by atoms with Crippen molar-refractivity contribution in [1.29, 1.82) is 0 Å². The van der Waals surface area contributed by atoms with Gasteiger partial charge in [-0.05, 0) is 19.1 Å². The van der Waals surface area contributed by atoms with Crippen LogP contribution in [0.2, 0.25) is 0 Å². The maximum absolute atomic E-state index is 12.4. The number of hydrogen-bond acceptors (Lipinski definition) is 4. The summed E-state index contributed by atoms with van der Waals surface area (Å²) in [5.41, 5.74) is 0.833. The van der Waals surface area contributed by atoms with E-state index in [1.54, 1.807) is 24.9 Å². The summed E-state index contributed by atoms with van der Waals surface area (Å²) in [4.78, 5) is 23.7. The van der Waals surface area contributed by atoms with Gasteiger partial charge in [0.1, 0.15) is 5.56 Å². The van der Waals surface area contributed by atoms with Crippen LogP contribution < -0.4 is 5.43 Å². The number of hydrogen-bond donors (Lipinski definition) is 1. The van der Waals surface area contributed by atoms with Crippen LogP contribution >= 0.6 is 0 Å². The molecule has 1 aromatic heterocycles. The molecule has 0 saturated heterocycles. The van der Waals surface area contributed by atoms with Crippen molar-refractivity contribution < 1.29 is 19.4 Å². The number of ether oxygens (including phenoxy) is 2. The SMILES string of the molecule is CC.COCC(COC)n1cc(C(=O)O)c(=O)c2cc(C)ccc21. The lowest BCUT2D eigenvalue weighted by molar-refractivity contribution is 0.0691. The van der Waals surface area contributed by atoms with Gasteiger partial charge in [-0.2, -0.15) is 0 Å². The van der Waals surface area contributed by atoms with Crippen molar-refractivity contribution in [2.75, 3.05) is 27.4 Å². The molecule has 6 nitrogen and oxygen atoms in total. The van der Waals surface area contributed by atoms with Gasteiger partial charge in [0.2, 0.25) is 5.43 Å². The molecule has 0 bridgehead atoms. The number of nitrogens with zero attached hydrogens (tertiary/aromatic N) is 1. The van der Waals surface area contributed by atoms with E-state index in [2.05, 4.69) is 0 Å². The molecule has 0 radical (unpaired) electrons. The molecule has 0 aliphatic rings. The van der Waals surface area contributed by atoms with Gasteiger partial charge in [0.05, 0.1) is 24.8 Å². The number of aromatic nitrogens is 1. The molecule has 0 saturated carbocycles. The first-order chi connectivity index (χ1) is 11.5. The van der Waals surface area contributed by atoms with Crippen LogP contribution in [0.4, 0.5) is 0 Å². The van der Waals surface area contributed by atoms with Crippen LogP contribution in [0.3, 0.4) is 0 Å². The van der Waals surface area contributed by atoms with E-state index in [0.29, 0.717) is 24.1 Å². The van der Waals surface area contributed by atoms with E-state index in [4.69, 9.17) is 9.47 Å². The van der Waals surface area contributed by atoms with Crippen molar-refractivity contribution >= 4 is 16.9 Å². The minimum atomic E-state index is -1.24. The van der Waals surface area contributed by atoms with Crippen molar-refractivity contribution in [2.45, 2.75) is 26.8 Å². The van der Waals surface area contributed by atoms with E-state index in [9.17, 15) is 14.7 Å². The molecular formula is C18H25NO5. The highest BCUT2D eigenvalue weighted by atomic mass is 16.5. The van der Waals surface area contributed by atoms with Crippen molar-refractivity contribution in [3.8, 4) is 0 Å². The number of pyridine rings is 1. The number of aromatic carboxylic acids is 1. The first kappa shape index (κ1) is 19.9. The molecule has 0 amide bonds. The predicted molar refractivity (Wildman–Crippen MR) is 94.0 cm³/mol. The first-order valence-corrected chi connectivity index (χ1v) is 7.86. The molecule has 0 atom stereocenters. The highest BCUT2D eigenvalue weighted by molar-refractivity contribution is 5.92. The molecule has 2 rings (SSSR count). The molecule has 1 N–H and O–H groups in total. The van der Waals surface area contributed by atoms with Crippen molar-refractivity contribution in [3.05, 3.63) is 45.7 Å². The second-order valence-electron chi connectivity index (χ2n) is 5.17. The van der Waals surface area contributed by atoms with Gasteiger partial charge in [0, 0.05) is 25.8 Å². The van der Waals surface area contributed by atoms with Crippen molar-refractivity contribution in [1.82, 2.24) is 4.57 Å². The van der Waals surface area contributed by atoms with Crippen molar-refractivity contribution in [2.24, 2.45) is 0 Å². The van der Waals surface area contributed by atoms with Gasteiger partial charge in [-0.1, -0.05) is 25.5 Å². The van der Waals surface area contributed by atoms with Gasteiger partial charge in [0.25, 0.3) is 0 Å². The predicted octanol–water partition coefficient (Wildman–Crippen LogP) is 2.87. The summed E-state index contributed by atoms with van der Waals surface area (Å²) in [6, 6.07) is 5.18. The van der Waals surface area contributed by atoms with Gasteiger partial charge in [-0.3, -0.25) is 4.79 Å². The summed E-state index contributed by atoms with van der Waals surface area (Å²) in [6.45, 7) is 6.55. The molecule has 6 heteroatoms. The molecule has 1 heterocycles. The van der Waals surface area contributed by atoms with E-state index < -0.39 is 11.4 Å². The average molecular weight is 335 g/mol. The monoisotopic (exact) mass is 335 g/mol. The summed E-state index contributed by atoms with van der Waals surface area (Å²) >= 11 is 0. The minimum absolute atomic E-state index is 0.223. The topological polar surface area (TPSA) is 77.8 Å². The van der Waals surface area contributed by atoms with E-state index in [0.717, 1.165) is 5.56 Å². The van der Waals surface area contributed by atoms with Crippen LogP contribution in [0.15, 0.2) is 29.2 Å². The lowest BCUT2D eigenvalue weighted by Crippen LogP contribution is -2.25. The molecule has 2 aromatic rings. The molecule has 0 fully saturated rings. The normalized spacial score (nSPS) is 10.6. The molecule has 0 aliphatic carbocycles. The Balaban J connectivity index is 0.00000139. The maximum atomic E-state index is 12.4. The van der Waals surface area contributed by atoms with Gasteiger partial charge in [-0.25, -0.2) is 4.79 Å². The minimum Gasteiger partial charge on any atom is -0.477 e. The molecule has 0 unspecified atom stereocenters. The number of rotatable bonds is 6. The molecule has 0 spiro atoms. The lowest BCUT2D eigenvalue weighted by Gasteiger charge is -2.22. The third kappa shape index (κ3) is 4.21. The quantitative estimate of drug-likeness (QED) is 0.878. The van der Waals surface area contributed by atoms with Gasteiger partial charge in [-0.15, -0.1) is 0 Å². The fraction of sp³-hybridized carbons (Fsp3) is 0.444. The summed E-state index contributed by atoms with van der Waals surface area (Å²) in [6.07, 6.45) is 1.37. The Morgan fingerprint density at radius 2 is 1.79 bits per heavy atom. The van der Waals surface area contributed by atoms with Crippen LogP contribution in [-0.2, 0) is 9.47 Å². The van der Waals surface area contributed by atoms with E-state index in [-0.39, 0.29) is 11.6 Å². The van der Waals surface area contributed by atoms with Crippen LogP contribution in [-0.4, -0.2) is 43.1 Å². The highest BCUT2D eigenvalue weighted by Crippen LogP contribution is 2.19. The Bertz CT molecular complexity index is 745. The van der Waals surface area contributed by atoms with Crippen LogP contribution in [0, 0.1) is 6.92 Å². The summed E-state index contributed by atoms with van der Waals surface area (Å²) < 4.78 is 12.1. The number of carbonyl (C=O) groups is 1. The number of methoxy groups -OCH3 is 2. The molecule has 132 valence electrons. The Hall–Kier alpha value is -2.18. The van der Waals surface area contributed by atoms with E-state index in [1.165, 1.54) is 6.20 Å². The number of carboxylic acids is 1. The maximum Gasteiger partial charge on any atom is 0.341 e. The van der Waals surface area contributed by atoms with Gasteiger partial charge in [0.15, 0.2) is 0 Å². The largest absolute Gasteiger partial charge is 0.477 e. The third-order valence-corrected chi connectivity index (χ3v) is 3.53. The van der Waals surface area contributed by atoms with Crippen LogP contribution in [0.1, 0.15) is 35.8 Å². The smallest absolute Gasteiger partial charge is 0.341 e. The second kappa shape index (κ2) is 9.20. The Kier molecular flexibility index (Phi) is 7.61. The zero-order chi connectivity index (χ0) is 18.3. The highest BCUT2D eigenvalue weighted by Gasteiger charge is 2.19. The summed E-state index contributed by atoms with van der Waals surface area (Å²) in [5, 5.41) is 9.67. The second-order valence-corrected chi connectivity index (χ2v) is 5.17. The molecule has 24 heavy (non-hydrogen) atoms. The number of benzene rings is 1. The fourth-order valence-corrected chi connectivity index (χ4v) is 2.52. The summed E-state index contributed by atoms with van der Waals surface area (Å²) in [7, 11) is 3.13. The Morgan fingerprint density at radius 3 is 2.29 bits per heavy atom. The fourth-order valence-electron chi connectivity index (χ4n) is 2.52. The summed E-state index contributed by atoms with van der Waals surface area (Å²) in [5.74, 6) is -1.24. The molecule has 0 aliphatic heterocycles. The lowest BCUT2D eigenvalue weighted by atomic mass is 10.1. The van der Waals surface area contributed by atoms with Crippen LogP contribution in [0.5, 0.6) is 0 Å². The Morgan fingerprint density at radius 1 is 1.21 bits per heavy atom. The number of aryl methyl sites for hydroxylation is 1. The zero-order valence-corrected chi connectivity index (χ0v) is 14.8. The molecular weight excluding hydrogens is 310 g/mol. The third-order valence-electron chi connectivity index (χ3n) is 3.53. The number of fused-ring (bicyclic) bond motifs is 1. The van der Waals surface area contributed by atoms with Gasteiger partial charge < -0.3 is 19.1 Å². The zero-order valence-electron chi connectivity index (χ0n) is 14.8. The Labute approximate surface area is 141 Å².